The van der Waals surface area contributed by atoms with Crippen LogP contribution in [0.3, 0.4) is 0 Å². The van der Waals surface area contributed by atoms with E-state index < -0.39 is 24.4 Å². The summed E-state index contributed by atoms with van der Waals surface area (Å²) in [6.07, 6.45) is 1.37. The van der Waals surface area contributed by atoms with Crippen molar-refractivity contribution in [2.75, 3.05) is 0 Å². The Kier molecular flexibility index (Phi) is 4.59. The number of aliphatic carboxylic acids is 2. The first kappa shape index (κ1) is 13.9. The van der Waals surface area contributed by atoms with E-state index in [4.69, 9.17) is 10.2 Å². The number of hydrogen-bond acceptors (Lipinski definition) is 5. The molecule has 18 heavy (non-hydrogen) atoms. The fraction of sp³-hybridized carbons (Fsp3) is 0.455. The van der Waals surface area contributed by atoms with Crippen LogP contribution >= 0.6 is 0 Å². The fourth-order valence-corrected chi connectivity index (χ4v) is 1.57. The Labute approximate surface area is 102 Å². The zero-order chi connectivity index (χ0) is 13.7. The molecule has 1 saturated carbocycles. The van der Waals surface area contributed by atoms with Crippen molar-refractivity contribution in [1.82, 2.24) is 5.32 Å². The molecule has 0 spiro atoms. The third-order valence-corrected chi connectivity index (χ3v) is 2.51. The topological polar surface area (TPSA) is 121 Å². The van der Waals surface area contributed by atoms with Gasteiger partial charge in [-0.1, -0.05) is 0 Å². The number of ketones is 2. The number of hydrogen-bond donors (Lipinski definition) is 3. The van der Waals surface area contributed by atoms with Gasteiger partial charge >= 0.3 is 11.9 Å². The summed E-state index contributed by atoms with van der Waals surface area (Å²) in [4.78, 5) is 44.0. The van der Waals surface area contributed by atoms with Gasteiger partial charge in [-0.3, -0.25) is 14.4 Å². The number of nitrogens with one attached hydrogen (secondary N) is 1. The average Bonchev–Trinajstić information content (AvgIpc) is 2.26. The first-order chi connectivity index (χ1) is 8.41. The molecule has 1 aliphatic rings. The summed E-state index contributed by atoms with van der Waals surface area (Å²) in [7, 11) is 0. The van der Waals surface area contributed by atoms with E-state index in [1.807, 2.05) is 0 Å². The van der Waals surface area contributed by atoms with Crippen LogP contribution in [0.2, 0.25) is 0 Å². The second-order valence-electron chi connectivity index (χ2n) is 3.91. The van der Waals surface area contributed by atoms with Crippen LogP contribution in [0.5, 0.6) is 0 Å². The Morgan fingerprint density at radius 2 is 1.78 bits per heavy atom. The molecule has 1 atom stereocenters. The lowest BCUT2D eigenvalue weighted by atomic mass is 9.93. The van der Waals surface area contributed by atoms with Crippen LogP contribution in [0.25, 0.3) is 0 Å². The third kappa shape index (κ3) is 3.69. The van der Waals surface area contributed by atoms with Gasteiger partial charge in [0.25, 0.3) is 0 Å². The van der Waals surface area contributed by atoms with Gasteiger partial charge in [0.2, 0.25) is 0 Å². The largest absolute Gasteiger partial charge is 0.481 e. The summed E-state index contributed by atoms with van der Waals surface area (Å²) in [5.41, 5.74) is -0.0853. The van der Waals surface area contributed by atoms with Crippen LogP contribution < -0.4 is 5.32 Å². The van der Waals surface area contributed by atoms with Gasteiger partial charge in [-0.05, 0) is 6.42 Å². The lowest BCUT2D eigenvalue weighted by molar-refractivity contribution is -0.145. The highest BCUT2D eigenvalue weighted by Crippen LogP contribution is 2.15. The summed E-state index contributed by atoms with van der Waals surface area (Å²) >= 11 is 0. The molecule has 0 bridgehead atoms. The zero-order valence-corrected chi connectivity index (χ0v) is 9.51. The van der Waals surface area contributed by atoms with Gasteiger partial charge in [0.15, 0.2) is 11.6 Å². The van der Waals surface area contributed by atoms with E-state index in [0.29, 0.717) is 6.42 Å². The Bertz CT molecular complexity index is 407. The molecule has 0 aromatic heterocycles. The second kappa shape index (κ2) is 5.95. The molecule has 0 aliphatic heterocycles. The minimum atomic E-state index is -1.36. The highest BCUT2D eigenvalue weighted by molar-refractivity contribution is 6.21. The molecule has 0 radical (unpaired) electrons. The molecule has 1 unspecified atom stereocenters. The van der Waals surface area contributed by atoms with Gasteiger partial charge in [0.05, 0.1) is 12.0 Å². The number of Topliss-reactive ketones (excluding diaryl/α,β-unsaturated/α-hetero) is 2. The van der Waals surface area contributed by atoms with Gasteiger partial charge in [0.1, 0.15) is 6.04 Å². The molecule has 3 N–H and O–H groups in total. The van der Waals surface area contributed by atoms with E-state index in [0.717, 1.165) is 6.20 Å². The maximum absolute atomic E-state index is 11.4. The lowest BCUT2D eigenvalue weighted by Gasteiger charge is -2.14. The maximum Gasteiger partial charge on any atom is 0.326 e. The third-order valence-electron chi connectivity index (χ3n) is 2.51. The molecule has 0 amide bonds. The minimum Gasteiger partial charge on any atom is -0.481 e. The summed E-state index contributed by atoms with van der Waals surface area (Å²) in [5.74, 6) is -3.34. The quantitative estimate of drug-likeness (QED) is 0.456. The normalized spacial score (nSPS) is 17.2. The molecule has 98 valence electrons. The molecule has 0 saturated heterocycles. The molecule has 1 fully saturated rings. The summed E-state index contributed by atoms with van der Waals surface area (Å²) < 4.78 is 0. The van der Waals surface area contributed by atoms with Gasteiger partial charge < -0.3 is 15.5 Å². The van der Waals surface area contributed by atoms with Crippen molar-refractivity contribution in [2.45, 2.75) is 31.7 Å². The highest BCUT2D eigenvalue weighted by atomic mass is 16.4. The predicted octanol–water partition coefficient (Wildman–Crippen LogP) is -0.290. The van der Waals surface area contributed by atoms with Crippen LogP contribution in [-0.2, 0) is 19.2 Å². The number of carboxylic acids is 2. The van der Waals surface area contributed by atoms with E-state index in [1.165, 1.54) is 0 Å². The standard InChI is InChI=1S/C11H13NO6/c13-8-2-1-3-9(14)6(8)5-12-7(11(17)18)4-10(15)16/h5,7,12H,1-4H2,(H,15,16)(H,17,18). The van der Waals surface area contributed by atoms with Crippen LogP contribution in [0.1, 0.15) is 25.7 Å². The van der Waals surface area contributed by atoms with Crippen LogP contribution in [-0.4, -0.2) is 39.8 Å². The zero-order valence-electron chi connectivity index (χ0n) is 9.51. The number of carbonyl (C=O) groups is 4. The minimum absolute atomic E-state index is 0.0853. The molecule has 1 rings (SSSR count). The van der Waals surface area contributed by atoms with E-state index in [1.54, 1.807) is 0 Å². The molecular weight excluding hydrogens is 242 g/mol. The van der Waals surface area contributed by atoms with Crippen molar-refractivity contribution < 1.29 is 29.4 Å². The molecule has 7 heteroatoms. The Balaban J connectivity index is 2.75. The van der Waals surface area contributed by atoms with Gasteiger partial charge in [0, 0.05) is 19.0 Å². The smallest absolute Gasteiger partial charge is 0.326 e. The summed E-state index contributed by atoms with van der Waals surface area (Å²) in [6.45, 7) is 0. The van der Waals surface area contributed by atoms with Gasteiger partial charge in [-0.2, -0.15) is 0 Å². The van der Waals surface area contributed by atoms with Crippen molar-refractivity contribution in [2.24, 2.45) is 0 Å². The molecule has 0 heterocycles. The van der Waals surface area contributed by atoms with Crippen LogP contribution in [0, 0.1) is 0 Å². The van der Waals surface area contributed by atoms with Crippen LogP contribution in [0.15, 0.2) is 11.8 Å². The average molecular weight is 255 g/mol. The second-order valence-corrected chi connectivity index (χ2v) is 3.91. The number of carbonyl (C=O) groups excluding carboxylic acids is 2. The van der Waals surface area contributed by atoms with Crippen molar-refractivity contribution in [3.8, 4) is 0 Å². The van der Waals surface area contributed by atoms with Crippen molar-refractivity contribution in [3.63, 3.8) is 0 Å². The Morgan fingerprint density at radius 1 is 1.22 bits per heavy atom. The lowest BCUT2D eigenvalue weighted by Crippen LogP contribution is -2.36. The van der Waals surface area contributed by atoms with Crippen LogP contribution in [0.4, 0.5) is 0 Å². The van der Waals surface area contributed by atoms with Crippen molar-refractivity contribution >= 4 is 23.5 Å². The first-order valence-electron chi connectivity index (χ1n) is 5.39. The number of rotatable bonds is 5. The predicted molar refractivity (Wildman–Crippen MR) is 58.8 cm³/mol. The molecular formula is C11H13NO6. The van der Waals surface area contributed by atoms with E-state index >= 15 is 0 Å². The van der Waals surface area contributed by atoms with E-state index in [-0.39, 0.29) is 30.0 Å². The fourth-order valence-electron chi connectivity index (χ4n) is 1.57. The maximum atomic E-state index is 11.4. The van der Waals surface area contributed by atoms with E-state index in [9.17, 15) is 19.2 Å². The molecule has 1 aliphatic carbocycles. The van der Waals surface area contributed by atoms with E-state index in [2.05, 4.69) is 5.32 Å². The molecule has 0 aromatic carbocycles. The van der Waals surface area contributed by atoms with Gasteiger partial charge in [-0.25, -0.2) is 4.79 Å². The summed E-state index contributed by atoms with van der Waals surface area (Å²) in [6, 6.07) is -1.36. The SMILES string of the molecule is O=C(O)CC(NC=C1C(=O)CCCC1=O)C(=O)O. The Hall–Kier alpha value is -2.18. The summed E-state index contributed by atoms with van der Waals surface area (Å²) in [5, 5.41) is 19.6. The van der Waals surface area contributed by atoms with Gasteiger partial charge in [-0.15, -0.1) is 0 Å². The number of carboxylic acid groups (broad SMARTS) is 2. The molecule has 7 nitrogen and oxygen atoms in total. The van der Waals surface area contributed by atoms with Crippen molar-refractivity contribution in [1.29, 1.82) is 0 Å². The Morgan fingerprint density at radius 3 is 2.22 bits per heavy atom. The molecule has 0 aromatic rings. The van der Waals surface area contributed by atoms with Crippen molar-refractivity contribution in [3.05, 3.63) is 11.8 Å². The highest BCUT2D eigenvalue weighted by Gasteiger charge is 2.25. The number of allylic oxidation sites excluding steroid dienone is 1. The monoisotopic (exact) mass is 255 g/mol. The first-order valence-corrected chi connectivity index (χ1v) is 5.39.